The molecule has 0 bridgehead atoms. The molecule has 1 unspecified atom stereocenters. The van der Waals surface area contributed by atoms with Crippen molar-refractivity contribution in [1.82, 2.24) is 0 Å². The first-order valence-electron chi connectivity index (χ1n) is 6.07. The van der Waals surface area contributed by atoms with Gasteiger partial charge in [0.25, 0.3) is 0 Å². The second kappa shape index (κ2) is 4.65. The maximum absolute atomic E-state index is 9.49. The highest BCUT2D eigenvalue weighted by Gasteiger charge is 2.22. The first-order chi connectivity index (χ1) is 8.74. The van der Waals surface area contributed by atoms with E-state index in [1.54, 1.807) is 6.07 Å². The van der Waals surface area contributed by atoms with Crippen LogP contribution in [0.3, 0.4) is 0 Å². The first kappa shape index (κ1) is 11.6. The number of hydrogen-bond donors (Lipinski definition) is 2. The molecule has 92 valence electrons. The SMILES string of the molecule is Oc1ccc2c(c1)CCC2Nc1ccccc1Br. The lowest BCUT2D eigenvalue weighted by Gasteiger charge is -2.16. The Morgan fingerprint density at radius 1 is 1.17 bits per heavy atom. The molecule has 1 atom stereocenters. The van der Waals surface area contributed by atoms with Crippen molar-refractivity contribution in [3.05, 3.63) is 58.1 Å². The molecule has 0 saturated carbocycles. The number of nitrogens with one attached hydrogen (secondary N) is 1. The number of phenolic OH excluding ortho intramolecular Hbond substituents is 1. The van der Waals surface area contributed by atoms with Gasteiger partial charge in [-0.15, -0.1) is 0 Å². The summed E-state index contributed by atoms with van der Waals surface area (Å²) >= 11 is 3.55. The van der Waals surface area contributed by atoms with Crippen LogP contribution in [-0.2, 0) is 6.42 Å². The van der Waals surface area contributed by atoms with Crippen LogP contribution in [0, 0.1) is 0 Å². The average molecular weight is 304 g/mol. The monoisotopic (exact) mass is 303 g/mol. The predicted molar refractivity (Wildman–Crippen MR) is 76.9 cm³/mol. The highest BCUT2D eigenvalue weighted by molar-refractivity contribution is 9.10. The van der Waals surface area contributed by atoms with E-state index in [1.165, 1.54) is 11.1 Å². The molecule has 2 aromatic rings. The molecule has 0 heterocycles. The molecule has 2 N–H and O–H groups in total. The molecule has 3 rings (SSSR count). The van der Waals surface area contributed by atoms with Gasteiger partial charge in [-0.2, -0.15) is 0 Å². The summed E-state index contributed by atoms with van der Waals surface area (Å²) in [5.74, 6) is 0.357. The quantitative estimate of drug-likeness (QED) is 0.869. The number of aryl methyl sites for hydroxylation is 1. The van der Waals surface area contributed by atoms with E-state index in [1.807, 2.05) is 30.3 Å². The van der Waals surface area contributed by atoms with Gasteiger partial charge in [0.05, 0.1) is 6.04 Å². The number of fused-ring (bicyclic) bond motifs is 1. The number of phenols is 1. The number of halogens is 1. The summed E-state index contributed by atoms with van der Waals surface area (Å²) in [5, 5.41) is 13.0. The number of benzene rings is 2. The minimum Gasteiger partial charge on any atom is -0.508 e. The summed E-state index contributed by atoms with van der Waals surface area (Å²) in [5.41, 5.74) is 3.66. The van der Waals surface area contributed by atoms with Gasteiger partial charge >= 0.3 is 0 Å². The molecule has 0 radical (unpaired) electrons. The maximum Gasteiger partial charge on any atom is 0.115 e. The Bertz CT molecular complexity index is 582. The zero-order valence-corrected chi connectivity index (χ0v) is 11.4. The second-order valence-corrected chi connectivity index (χ2v) is 5.45. The van der Waals surface area contributed by atoms with Crippen molar-refractivity contribution >= 4 is 21.6 Å². The van der Waals surface area contributed by atoms with E-state index >= 15 is 0 Å². The standard InChI is InChI=1S/C15H14BrNO/c16-13-3-1-2-4-15(13)17-14-8-5-10-9-11(18)6-7-12(10)14/h1-4,6-7,9,14,17-18H,5,8H2. The van der Waals surface area contributed by atoms with Crippen molar-refractivity contribution in [2.24, 2.45) is 0 Å². The van der Waals surface area contributed by atoms with Crippen LogP contribution in [0.15, 0.2) is 46.9 Å². The summed E-state index contributed by atoms with van der Waals surface area (Å²) in [4.78, 5) is 0. The zero-order chi connectivity index (χ0) is 12.5. The Labute approximate surface area is 115 Å². The molecule has 3 heteroatoms. The first-order valence-corrected chi connectivity index (χ1v) is 6.86. The van der Waals surface area contributed by atoms with Gasteiger partial charge in [-0.25, -0.2) is 0 Å². The van der Waals surface area contributed by atoms with E-state index in [9.17, 15) is 5.11 Å². The highest BCUT2D eigenvalue weighted by Crippen LogP contribution is 2.36. The van der Waals surface area contributed by atoms with Crippen molar-refractivity contribution in [1.29, 1.82) is 0 Å². The van der Waals surface area contributed by atoms with Crippen LogP contribution in [0.25, 0.3) is 0 Å². The molecule has 2 aromatic carbocycles. The van der Waals surface area contributed by atoms with Crippen molar-refractivity contribution in [3.63, 3.8) is 0 Å². The van der Waals surface area contributed by atoms with E-state index in [0.717, 1.165) is 23.0 Å². The fourth-order valence-electron chi connectivity index (χ4n) is 2.52. The molecule has 0 spiro atoms. The van der Waals surface area contributed by atoms with Gasteiger partial charge in [0, 0.05) is 10.2 Å². The maximum atomic E-state index is 9.49. The van der Waals surface area contributed by atoms with Gasteiger partial charge in [0.2, 0.25) is 0 Å². The van der Waals surface area contributed by atoms with Gasteiger partial charge in [-0.3, -0.25) is 0 Å². The zero-order valence-electron chi connectivity index (χ0n) is 9.86. The predicted octanol–water partition coefficient (Wildman–Crippen LogP) is 4.25. The molecule has 1 aliphatic rings. The number of hydrogen-bond acceptors (Lipinski definition) is 2. The normalized spacial score (nSPS) is 17.5. The summed E-state index contributed by atoms with van der Waals surface area (Å²) in [6.45, 7) is 0. The number of para-hydroxylation sites is 1. The van der Waals surface area contributed by atoms with Crippen LogP contribution < -0.4 is 5.32 Å². The average Bonchev–Trinajstić information content (AvgIpc) is 2.74. The lowest BCUT2D eigenvalue weighted by atomic mass is 10.1. The topological polar surface area (TPSA) is 32.3 Å². The van der Waals surface area contributed by atoms with Crippen LogP contribution >= 0.6 is 15.9 Å². The smallest absolute Gasteiger partial charge is 0.115 e. The Balaban J connectivity index is 1.87. The van der Waals surface area contributed by atoms with Gasteiger partial charge in [0.1, 0.15) is 5.75 Å². The molecule has 0 aromatic heterocycles. The number of rotatable bonds is 2. The van der Waals surface area contributed by atoms with E-state index in [0.29, 0.717) is 11.8 Å². The molecule has 0 amide bonds. The summed E-state index contributed by atoms with van der Waals surface area (Å²) in [6.07, 6.45) is 2.09. The molecule has 0 fully saturated rings. The van der Waals surface area contributed by atoms with Crippen molar-refractivity contribution in [2.45, 2.75) is 18.9 Å². The Kier molecular flexibility index (Phi) is 3.00. The molecular formula is C15H14BrNO. The summed E-state index contributed by atoms with van der Waals surface area (Å²) in [7, 11) is 0. The fourth-order valence-corrected chi connectivity index (χ4v) is 2.92. The van der Waals surface area contributed by atoms with Crippen LogP contribution in [-0.4, -0.2) is 5.11 Å². The van der Waals surface area contributed by atoms with Crippen LogP contribution in [0.1, 0.15) is 23.6 Å². The third-order valence-electron chi connectivity index (χ3n) is 3.41. The minimum absolute atomic E-state index is 0.333. The third kappa shape index (κ3) is 2.10. The van der Waals surface area contributed by atoms with E-state index in [4.69, 9.17) is 0 Å². The molecule has 1 aliphatic carbocycles. The van der Waals surface area contributed by atoms with E-state index < -0.39 is 0 Å². The molecule has 18 heavy (non-hydrogen) atoms. The largest absolute Gasteiger partial charge is 0.508 e. The van der Waals surface area contributed by atoms with E-state index in [2.05, 4.69) is 27.3 Å². The Morgan fingerprint density at radius 2 is 2.00 bits per heavy atom. The molecule has 2 nitrogen and oxygen atoms in total. The van der Waals surface area contributed by atoms with Crippen molar-refractivity contribution < 1.29 is 5.11 Å². The molecular weight excluding hydrogens is 290 g/mol. The Hall–Kier alpha value is -1.48. The molecule has 0 aliphatic heterocycles. The highest BCUT2D eigenvalue weighted by atomic mass is 79.9. The number of anilines is 1. The van der Waals surface area contributed by atoms with Crippen molar-refractivity contribution in [3.8, 4) is 5.75 Å². The van der Waals surface area contributed by atoms with E-state index in [-0.39, 0.29) is 0 Å². The van der Waals surface area contributed by atoms with Gasteiger partial charge in [-0.1, -0.05) is 18.2 Å². The van der Waals surface area contributed by atoms with Gasteiger partial charge in [0.15, 0.2) is 0 Å². The van der Waals surface area contributed by atoms with Crippen LogP contribution in [0.4, 0.5) is 5.69 Å². The fraction of sp³-hybridized carbons (Fsp3) is 0.200. The van der Waals surface area contributed by atoms with Gasteiger partial charge in [-0.05, 0) is 64.2 Å². The molecule has 0 saturated heterocycles. The third-order valence-corrected chi connectivity index (χ3v) is 4.10. The van der Waals surface area contributed by atoms with Crippen molar-refractivity contribution in [2.75, 3.05) is 5.32 Å². The second-order valence-electron chi connectivity index (χ2n) is 4.60. The lowest BCUT2D eigenvalue weighted by Crippen LogP contribution is -2.07. The van der Waals surface area contributed by atoms with Gasteiger partial charge < -0.3 is 10.4 Å². The minimum atomic E-state index is 0.333. The summed E-state index contributed by atoms with van der Waals surface area (Å²) < 4.78 is 1.08. The number of aromatic hydroxyl groups is 1. The Morgan fingerprint density at radius 3 is 2.83 bits per heavy atom. The van der Waals surface area contributed by atoms with Crippen LogP contribution in [0.5, 0.6) is 5.75 Å². The summed E-state index contributed by atoms with van der Waals surface area (Å²) in [6, 6.07) is 14.1. The van der Waals surface area contributed by atoms with Crippen LogP contribution in [0.2, 0.25) is 0 Å². The lowest BCUT2D eigenvalue weighted by molar-refractivity contribution is 0.474.